The fourth-order valence-corrected chi connectivity index (χ4v) is 1.86. The Morgan fingerprint density at radius 3 is 2.00 bits per heavy atom. The van der Waals surface area contributed by atoms with Gasteiger partial charge < -0.3 is 4.74 Å². The van der Waals surface area contributed by atoms with Gasteiger partial charge in [-0.1, -0.05) is 70.5 Å². The normalized spacial score (nSPS) is 9.16. The molecule has 0 saturated carbocycles. The van der Waals surface area contributed by atoms with Crippen molar-refractivity contribution in [3.63, 3.8) is 0 Å². The van der Waals surface area contributed by atoms with Crippen LogP contribution in [0.15, 0.2) is 54.6 Å². The number of hydrogen-bond donors (Lipinski definition) is 0. The molecular formula is C16H17BrO2. The number of carbonyl (C=O) groups is 1. The van der Waals surface area contributed by atoms with Crippen LogP contribution in [0.3, 0.4) is 0 Å². The van der Waals surface area contributed by atoms with Gasteiger partial charge in [-0.15, -0.1) is 0 Å². The topological polar surface area (TPSA) is 26.3 Å². The minimum atomic E-state index is 0.431. The number of halogens is 1. The highest BCUT2D eigenvalue weighted by molar-refractivity contribution is 9.08. The molecule has 0 aliphatic carbocycles. The maximum absolute atomic E-state index is 9.18. The molecule has 0 atom stereocenters. The van der Waals surface area contributed by atoms with Crippen molar-refractivity contribution < 1.29 is 9.53 Å². The molecule has 0 unspecified atom stereocenters. The van der Waals surface area contributed by atoms with E-state index in [2.05, 4.69) is 69.2 Å². The third-order valence-electron chi connectivity index (χ3n) is 2.45. The average Bonchev–Trinajstić information content (AvgIpc) is 2.50. The monoisotopic (exact) mass is 320 g/mol. The highest BCUT2D eigenvalue weighted by atomic mass is 79.9. The molecule has 0 N–H and O–H groups in total. The van der Waals surface area contributed by atoms with Crippen molar-refractivity contribution in [2.24, 2.45) is 0 Å². The summed E-state index contributed by atoms with van der Waals surface area (Å²) < 4.78 is 4.15. The fourth-order valence-electron chi connectivity index (χ4n) is 1.48. The predicted molar refractivity (Wildman–Crippen MR) is 82.2 cm³/mol. The first-order chi connectivity index (χ1) is 9.31. The van der Waals surface area contributed by atoms with Crippen LogP contribution in [0.25, 0.3) is 11.1 Å². The SMILES string of the molecule is BrCc1ccc(-c2ccccc2)cc1.CCOC=O. The molecule has 2 aromatic rings. The van der Waals surface area contributed by atoms with Gasteiger partial charge in [0.15, 0.2) is 0 Å². The molecule has 3 heteroatoms. The molecule has 19 heavy (non-hydrogen) atoms. The van der Waals surface area contributed by atoms with Crippen LogP contribution >= 0.6 is 15.9 Å². The molecule has 0 saturated heterocycles. The number of ether oxygens (including phenoxy) is 1. The van der Waals surface area contributed by atoms with E-state index in [1.165, 1.54) is 16.7 Å². The molecule has 2 rings (SSSR count). The fraction of sp³-hybridized carbons (Fsp3) is 0.188. The van der Waals surface area contributed by atoms with Gasteiger partial charge in [-0.2, -0.15) is 0 Å². The number of rotatable bonds is 4. The number of carbonyl (C=O) groups excluding carboxylic acids is 1. The quantitative estimate of drug-likeness (QED) is 0.615. The summed E-state index contributed by atoms with van der Waals surface area (Å²) in [6.07, 6.45) is 0. The molecule has 100 valence electrons. The van der Waals surface area contributed by atoms with E-state index < -0.39 is 0 Å². The van der Waals surface area contributed by atoms with Gasteiger partial charge in [-0.25, -0.2) is 0 Å². The Hall–Kier alpha value is -1.61. The van der Waals surface area contributed by atoms with E-state index >= 15 is 0 Å². The van der Waals surface area contributed by atoms with Crippen molar-refractivity contribution in [2.45, 2.75) is 12.3 Å². The van der Waals surface area contributed by atoms with Crippen molar-refractivity contribution in [1.82, 2.24) is 0 Å². The standard InChI is InChI=1S/C13H11Br.C3H6O2/c14-10-11-6-8-13(9-7-11)12-4-2-1-3-5-12;1-2-5-3-4/h1-9H,10H2;3H,2H2,1H3. The average molecular weight is 321 g/mol. The Kier molecular flexibility index (Phi) is 7.59. The Labute approximate surface area is 122 Å². The van der Waals surface area contributed by atoms with Crippen LogP contribution in [-0.4, -0.2) is 13.1 Å². The van der Waals surface area contributed by atoms with Crippen molar-refractivity contribution in [2.75, 3.05) is 6.61 Å². The Balaban J connectivity index is 0.000000312. The van der Waals surface area contributed by atoms with Crippen LogP contribution in [0.1, 0.15) is 12.5 Å². The number of alkyl halides is 1. The second-order valence-corrected chi connectivity index (χ2v) is 4.31. The zero-order valence-corrected chi connectivity index (χ0v) is 12.5. The van der Waals surface area contributed by atoms with Crippen LogP contribution in [0.5, 0.6) is 0 Å². The first-order valence-corrected chi connectivity index (χ1v) is 7.19. The number of benzene rings is 2. The van der Waals surface area contributed by atoms with Gasteiger partial charge in [-0.3, -0.25) is 4.79 Å². The highest BCUT2D eigenvalue weighted by Gasteiger charge is 1.95. The van der Waals surface area contributed by atoms with E-state index in [0.29, 0.717) is 13.1 Å². The zero-order valence-electron chi connectivity index (χ0n) is 10.9. The lowest BCUT2D eigenvalue weighted by Crippen LogP contribution is -1.80. The Morgan fingerprint density at radius 1 is 1.00 bits per heavy atom. The van der Waals surface area contributed by atoms with E-state index in [-0.39, 0.29) is 0 Å². The second-order valence-electron chi connectivity index (χ2n) is 3.75. The molecule has 0 radical (unpaired) electrons. The predicted octanol–water partition coefficient (Wildman–Crippen LogP) is 4.43. The van der Waals surface area contributed by atoms with E-state index in [9.17, 15) is 4.79 Å². The largest absolute Gasteiger partial charge is 0.468 e. The summed E-state index contributed by atoms with van der Waals surface area (Å²) >= 11 is 3.44. The molecule has 0 amide bonds. The third kappa shape index (κ3) is 5.71. The summed E-state index contributed by atoms with van der Waals surface area (Å²) in [5.74, 6) is 0. The molecule has 0 spiro atoms. The minimum Gasteiger partial charge on any atom is -0.468 e. The lowest BCUT2D eigenvalue weighted by atomic mass is 10.0. The maximum atomic E-state index is 9.18. The van der Waals surface area contributed by atoms with Gasteiger partial charge in [0.2, 0.25) is 0 Å². The minimum absolute atomic E-state index is 0.431. The van der Waals surface area contributed by atoms with Crippen LogP contribution in [0.2, 0.25) is 0 Å². The van der Waals surface area contributed by atoms with Crippen molar-refractivity contribution in [3.05, 3.63) is 60.2 Å². The summed E-state index contributed by atoms with van der Waals surface area (Å²) in [5.41, 5.74) is 3.86. The van der Waals surface area contributed by atoms with E-state index in [1.54, 1.807) is 6.92 Å². The van der Waals surface area contributed by atoms with E-state index in [4.69, 9.17) is 0 Å². The first-order valence-electron chi connectivity index (χ1n) is 6.07. The summed E-state index contributed by atoms with van der Waals surface area (Å²) in [5, 5.41) is 0.919. The lowest BCUT2D eigenvalue weighted by Gasteiger charge is -2.01. The molecular weight excluding hydrogens is 304 g/mol. The van der Waals surface area contributed by atoms with E-state index in [1.807, 2.05) is 6.07 Å². The van der Waals surface area contributed by atoms with Gasteiger partial charge in [0.25, 0.3) is 6.47 Å². The van der Waals surface area contributed by atoms with Gasteiger partial charge in [0.05, 0.1) is 6.61 Å². The first kappa shape index (κ1) is 15.4. The Morgan fingerprint density at radius 2 is 1.58 bits per heavy atom. The van der Waals surface area contributed by atoms with Crippen molar-refractivity contribution >= 4 is 22.4 Å². The number of hydrogen-bond acceptors (Lipinski definition) is 2. The van der Waals surface area contributed by atoms with Crippen LogP contribution in [0, 0.1) is 0 Å². The van der Waals surface area contributed by atoms with Crippen LogP contribution in [0.4, 0.5) is 0 Å². The van der Waals surface area contributed by atoms with Crippen molar-refractivity contribution in [1.29, 1.82) is 0 Å². The molecule has 0 aliphatic heterocycles. The maximum Gasteiger partial charge on any atom is 0.293 e. The third-order valence-corrected chi connectivity index (χ3v) is 3.10. The highest BCUT2D eigenvalue weighted by Crippen LogP contribution is 2.19. The van der Waals surface area contributed by atoms with Gasteiger partial charge in [-0.05, 0) is 23.6 Å². The van der Waals surface area contributed by atoms with Gasteiger partial charge in [0, 0.05) is 5.33 Å². The van der Waals surface area contributed by atoms with Gasteiger partial charge >= 0.3 is 0 Å². The molecule has 2 aromatic carbocycles. The Bertz CT molecular complexity index is 466. The van der Waals surface area contributed by atoms with Crippen molar-refractivity contribution in [3.8, 4) is 11.1 Å². The zero-order chi connectivity index (χ0) is 13.9. The molecule has 0 fully saturated rings. The molecule has 0 aliphatic rings. The molecule has 2 nitrogen and oxygen atoms in total. The molecule has 0 bridgehead atoms. The molecule has 0 heterocycles. The van der Waals surface area contributed by atoms with E-state index in [0.717, 1.165) is 5.33 Å². The summed E-state index contributed by atoms with van der Waals surface area (Å²) in [7, 11) is 0. The smallest absolute Gasteiger partial charge is 0.293 e. The van der Waals surface area contributed by atoms with Crippen LogP contribution in [-0.2, 0) is 14.9 Å². The summed E-state index contributed by atoms with van der Waals surface area (Å²) in [6, 6.07) is 19.0. The van der Waals surface area contributed by atoms with Crippen LogP contribution < -0.4 is 0 Å². The molecule has 0 aromatic heterocycles. The summed E-state index contributed by atoms with van der Waals surface area (Å²) in [6.45, 7) is 2.66. The second kappa shape index (κ2) is 9.34. The summed E-state index contributed by atoms with van der Waals surface area (Å²) in [4.78, 5) is 9.18. The van der Waals surface area contributed by atoms with Gasteiger partial charge in [0.1, 0.15) is 0 Å². The lowest BCUT2D eigenvalue weighted by molar-refractivity contribution is -0.128.